The molecule has 1 aliphatic rings. The lowest BCUT2D eigenvalue weighted by molar-refractivity contribution is -0.124. The van der Waals surface area contributed by atoms with Gasteiger partial charge >= 0.3 is 0 Å². The predicted octanol–water partition coefficient (Wildman–Crippen LogP) is 2.41. The molecule has 2 amide bonds. The Kier molecular flexibility index (Phi) is 6.16. The van der Waals surface area contributed by atoms with Crippen molar-refractivity contribution in [3.05, 3.63) is 65.5 Å². The second-order valence-corrected chi connectivity index (χ2v) is 6.35. The van der Waals surface area contributed by atoms with Gasteiger partial charge in [-0.3, -0.25) is 9.59 Å². The zero-order valence-corrected chi connectivity index (χ0v) is 14.7. The number of aliphatic hydroxyl groups excluding tert-OH is 1. The van der Waals surface area contributed by atoms with Crippen molar-refractivity contribution in [1.82, 2.24) is 5.32 Å². The summed E-state index contributed by atoms with van der Waals surface area (Å²) in [5.74, 6) is -1.00. The Hall–Kier alpha value is -2.77. The van der Waals surface area contributed by atoms with E-state index in [1.807, 2.05) is 0 Å². The first-order valence-corrected chi connectivity index (χ1v) is 8.77. The Morgan fingerprint density at radius 3 is 2.70 bits per heavy atom. The van der Waals surface area contributed by atoms with Gasteiger partial charge in [0.25, 0.3) is 11.8 Å². The summed E-state index contributed by atoms with van der Waals surface area (Å²) in [6.07, 6.45) is 0.148. The predicted molar refractivity (Wildman–Crippen MR) is 97.7 cm³/mol. The highest BCUT2D eigenvalue weighted by Gasteiger charge is 2.23. The van der Waals surface area contributed by atoms with Crippen LogP contribution in [0.5, 0.6) is 0 Å². The first kappa shape index (κ1) is 19.0. The lowest BCUT2D eigenvalue weighted by Gasteiger charge is -2.13. The number of halogens is 1. The number of carbonyl (C=O) groups is 2. The molecular formula is C20H21FN2O4. The lowest BCUT2D eigenvalue weighted by Crippen LogP contribution is -2.29. The van der Waals surface area contributed by atoms with Gasteiger partial charge in [-0.15, -0.1) is 0 Å². The maximum atomic E-state index is 12.9. The van der Waals surface area contributed by atoms with Crippen molar-refractivity contribution in [2.75, 3.05) is 18.5 Å². The van der Waals surface area contributed by atoms with E-state index in [4.69, 9.17) is 4.74 Å². The number of amides is 2. The van der Waals surface area contributed by atoms with E-state index in [9.17, 15) is 19.1 Å². The van der Waals surface area contributed by atoms with Gasteiger partial charge in [-0.1, -0.05) is 18.2 Å². The number of rotatable bonds is 6. The first-order chi connectivity index (χ1) is 13.0. The number of nitrogens with one attached hydrogen (secondary N) is 2. The van der Waals surface area contributed by atoms with Gasteiger partial charge in [0.1, 0.15) is 11.9 Å². The smallest absolute Gasteiger partial charge is 0.253 e. The van der Waals surface area contributed by atoms with Crippen LogP contribution in [-0.4, -0.2) is 36.2 Å². The molecule has 7 heteroatoms. The highest BCUT2D eigenvalue weighted by molar-refractivity contribution is 5.98. The fourth-order valence-electron chi connectivity index (χ4n) is 2.84. The van der Waals surface area contributed by atoms with Gasteiger partial charge in [-0.25, -0.2) is 4.39 Å². The van der Waals surface area contributed by atoms with E-state index in [0.717, 1.165) is 6.42 Å². The van der Waals surface area contributed by atoms with Crippen LogP contribution in [0.15, 0.2) is 48.5 Å². The number of hydrogen-bond donors (Lipinski definition) is 3. The summed E-state index contributed by atoms with van der Waals surface area (Å²) < 4.78 is 18.3. The summed E-state index contributed by atoms with van der Waals surface area (Å²) in [7, 11) is 0. The van der Waals surface area contributed by atoms with Crippen molar-refractivity contribution >= 4 is 17.5 Å². The van der Waals surface area contributed by atoms with Crippen LogP contribution in [0.4, 0.5) is 10.1 Å². The first-order valence-electron chi connectivity index (χ1n) is 8.77. The van der Waals surface area contributed by atoms with Crippen molar-refractivity contribution in [3.63, 3.8) is 0 Å². The van der Waals surface area contributed by atoms with Gasteiger partial charge in [0.15, 0.2) is 0 Å². The van der Waals surface area contributed by atoms with E-state index < -0.39 is 18.0 Å². The topological polar surface area (TPSA) is 87.7 Å². The molecule has 0 aromatic heterocycles. The summed E-state index contributed by atoms with van der Waals surface area (Å²) >= 11 is 0. The van der Waals surface area contributed by atoms with Crippen molar-refractivity contribution in [2.45, 2.75) is 25.0 Å². The third-order valence-corrected chi connectivity index (χ3v) is 4.33. The van der Waals surface area contributed by atoms with Gasteiger partial charge in [0.2, 0.25) is 0 Å². The number of ether oxygens (including phenoxy) is 1. The lowest BCUT2D eigenvalue weighted by atomic mass is 10.1. The van der Waals surface area contributed by atoms with E-state index >= 15 is 0 Å². The van der Waals surface area contributed by atoms with Crippen molar-refractivity contribution in [3.8, 4) is 0 Å². The van der Waals surface area contributed by atoms with E-state index in [1.165, 1.54) is 24.3 Å². The number of anilines is 1. The molecule has 6 nitrogen and oxygen atoms in total. The van der Waals surface area contributed by atoms with Crippen LogP contribution in [0, 0.1) is 5.82 Å². The van der Waals surface area contributed by atoms with Gasteiger partial charge in [-0.2, -0.15) is 0 Å². The van der Waals surface area contributed by atoms with Crippen LogP contribution in [0.1, 0.15) is 34.9 Å². The zero-order valence-electron chi connectivity index (χ0n) is 14.7. The molecule has 2 aromatic carbocycles. The average Bonchev–Trinajstić information content (AvgIpc) is 3.21. The molecule has 3 N–H and O–H groups in total. The minimum atomic E-state index is -0.947. The van der Waals surface area contributed by atoms with Crippen LogP contribution in [-0.2, 0) is 9.53 Å². The largest absolute Gasteiger partial charge is 0.387 e. The molecule has 27 heavy (non-hydrogen) atoms. The molecule has 2 atom stereocenters. The van der Waals surface area contributed by atoms with Crippen molar-refractivity contribution < 1.29 is 23.8 Å². The average molecular weight is 372 g/mol. The zero-order chi connectivity index (χ0) is 19.2. The monoisotopic (exact) mass is 372 g/mol. The molecule has 1 fully saturated rings. The summed E-state index contributed by atoms with van der Waals surface area (Å²) in [6.45, 7) is 0.563. The van der Waals surface area contributed by atoms with E-state index in [1.54, 1.807) is 24.3 Å². The van der Waals surface area contributed by atoms with Crippen molar-refractivity contribution in [2.24, 2.45) is 0 Å². The molecule has 2 aromatic rings. The number of carbonyl (C=O) groups excluding carboxylic acids is 2. The van der Waals surface area contributed by atoms with Gasteiger partial charge in [0, 0.05) is 24.4 Å². The van der Waals surface area contributed by atoms with Crippen LogP contribution >= 0.6 is 0 Å². The van der Waals surface area contributed by atoms with Gasteiger partial charge in [0.05, 0.1) is 6.10 Å². The maximum absolute atomic E-state index is 12.9. The molecule has 0 bridgehead atoms. The highest BCUT2D eigenvalue weighted by atomic mass is 19.1. The molecule has 0 spiro atoms. The molecule has 142 valence electrons. The minimum absolute atomic E-state index is 0.0169. The number of hydrogen-bond acceptors (Lipinski definition) is 4. The van der Waals surface area contributed by atoms with Crippen LogP contribution < -0.4 is 10.6 Å². The second-order valence-electron chi connectivity index (χ2n) is 6.35. The Bertz CT molecular complexity index is 804. The van der Waals surface area contributed by atoms with Gasteiger partial charge in [-0.05, 0) is 48.7 Å². The number of aliphatic hydroxyl groups is 1. The van der Waals surface area contributed by atoms with Crippen LogP contribution in [0.25, 0.3) is 0 Å². The van der Waals surface area contributed by atoms with E-state index in [-0.39, 0.29) is 18.4 Å². The molecule has 1 saturated heterocycles. The van der Waals surface area contributed by atoms with E-state index in [0.29, 0.717) is 29.8 Å². The molecular weight excluding hydrogens is 351 g/mol. The molecule has 0 radical (unpaired) electrons. The molecule has 0 unspecified atom stereocenters. The standard InChI is InChI=1S/C20H21FN2O4/c21-15-8-6-13(7-9-15)17(24)12-22-19(25)14-3-1-4-16(11-14)23-20(26)18-5-2-10-27-18/h1,3-4,6-9,11,17-18,24H,2,5,10,12H2,(H,22,25)(H,23,26)/t17-,18-/m1/s1. The third kappa shape index (κ3) is 5.12. The molecule has 0 aliphatic carbocycles. The Labute approximate surface area is 156 Å². The Morgan fingerprint density at radius 2 is 2.00 bits per heavy atom. The summed E-state index contributed by atoms with van der Waals surface area (Å²) in [5, 5.41) is 15.5. The Balaban J connectivity index is 1.56. The quantitative estimate of drug-likeness (QED) is 0.727. The van der Waals surface area contributed by atoms with Crippen molar-refractivity contribution in [1.29, 1.82) is 0 Å². The maximum Gasteiger partial charge on any atom is 0.253 e. The second kappa shape index (κ2) is 8.75. The minimum Gasteiger partial charge on any atom is -0.387 e. The van der Waals surface area contributed by atoms with Crippen LogP contribution in [0.3, 0.4) is 0 Å². The molecule has 3 rings (SSSR count). The van der Waals surface area contributed by atoms with Crippen LogP contribution in [0.2, 0.25) is 0 Å². The van der Waals surface area contributed by atoms with E-state index in [2.05, 4.69) is 10.6 Å². The fraction of sp³-hybridized carbons (Fsp3) is 0.300. The highest BCUT2D eigenvalue weighted by Crippen LogP contribution is 2.17. The SMILES string of the molecule is O=C(NC[C@@H](O)c1ccc(F)cc1)c1cccc(NC(=O)[C@H]2CCCO2)c1. The molecule has 0 saturated carbocycles. The Morgan fingerprint density at radius 1 is 1.22 bits per heavy atom. The third-order valence-electron chi connectivity index (χ3n) is 4.33. The summed E-state index contributed by atoms with van der Waals surface area (Å²) in [4.78, 5) is 24.4. The number of benzene rings is 2. The summed E-state index contributed by atoms with van der Waals surface area (Å²) in [6, 6.07) is 12.0. The normalized spacial score (nSPS) is 17.3. The summed E-state index contributed by atoms with van der Waals surface area (Å²) in [5.41, 5.74) is 1.36. The molecule has 1 heterocycles. The molecule has 1 aliphatic heterocycles. The van der Waals surface area contributed by atoms with Gasteiger partial charge < -0.3 is 20.5 Å². The fourth-order valence-corrected chi connectivity index (χ4v) is 2.84.